The predicted molar refractivity (Wildman–Crippen MR) is 88.2 cm³/mol. The number of aromatic nitrogens is 3. The minimum absolute atomic E-state index is 0.0712. The van der Waals surface area contributed by atoms with E-state index in [0.717, 1.165) is 18.5 Å². The minimum atomic E-state index is -0.535. The number of hydrogen-bond donors (Lipinski definition) is 2. The number of anilines is 1. The zero-order valence-electron chi connectivity index (χ0n) is 13.2. The Morgan fingerprint density at radius 2 is 2.38 bits per heavy atom. The van der Waals surface area contributed by atoms with Crippen molar-refractivity contribution in [3.05, 3.63) is 40.6 Å². The standard InChI is InChI=1S/C15H18ClFN6O/c1-22-6-9(13(21-22)14(18)24)7-23-3-2-11(8-23)20-15-12(17)4-10(16)5-19-15/h4-6,11H,2-3,7-8H2,1H3,(H2,18,24)(H,19,20). The van der Waals surface area contributed by atoms with Gasteiger partial charge in [-0.1, -0.05) is 11.6 Å². The number of nitrogens with two attached hydrogens (primary N) is 1. The molecule has 0 spiro atoms. The molecule has 0 saturated carbocycles. The van der Waals surface area contributed by atoms with E-state index >= 15 is 0 Å². The topological polar surface area (TPSA) is 89.1 Å². The van der Waals surface area contributed by atoms with Gasteiger partial charge in [0, 0.05) is 50.7 Å². The van der Waals surface area contributed by atoms with E-state index in [4.69, 9.17) is 17.3 Å². The molecular formula is C15H18ClFN6O. The second kappa shape index (κ2) is 6.74. The van der Waals surface area contributed by atoms with Crippen LogP contribution in [-0.2, 0) is 13.6 Å². The number of likely N-dealkylation sites (tertiary alicyclic amines) is 1. The predicted octanol–water partition coefficient (Wildman–Crippen LogP) is 1.39. The largest absolute Gasteiger partial charge is 0.364 e. The maximum Gasteiger partial charge on any atom is 0.269 e. The number of rotatable bonds is 5. The number of amides is 1. The van der Waals surface area contributed by atoms with Crippen LogP contribution < -0.4 is 11.1 Å². The first-order valence-electron chi connectivity index (χ1n) is 7.54. The molecule has 0 aromatic carbocycles. The van der Waals surface area contributed by atoms with Crippen LogP contribution in [0.4, 0.5) is 10.2 Å². The van der Waals surface area contributed by atoms with Crippen molar-refractivity contribution in [1.29, 1.82) is 0 Å². The Kier molecular flexibility index (Phi) is 4.68. The quantitative estimate of drug-likeness (QED) is 0.849. The van der Waals surface area contributed by atoms with Crippen LogP contribution in [0.15, 0.2) is 18.5 Å². The van der Waals surface area contributed by atoms with Gasteiger partial charge in [0.25, 0.3) is 5.91 Å². The Morgan fingerprint density at radius 3 is 3.08 bits per heavy atom. The summed E-state index contributed by atoms with van der Waals surface area (Å²) in [5.41, 5.74) is 6.44. The lowest BCUT2D eigenvalue weighted by Gasteiger charge is -2.17. The SMILES string of the molecule is Cn1cc(CN2CCC(Nc3ncc(Cl)cc3F)C2)c(C(N)=O)n1. The van der Waals surface area contributed by atoms with Gasteiger partial charge in [0.15, 0.2) is 17.3 Å². The molecule has 2 aromatic heterocycles. The molecular weight excluding hydrogens is 335 g/mol. The molecule has 1 fully saturated rings. The Labute approximate surface area is 143 Å². The summed E-state index contributed by atoms with van der Waals surface area (Å²) in [5.74, 6) is -0.804. The van der Waals surface area contributed by atoms with E-state index in [9.17, 15) is 9.18 Å². The Bertz CT molecular complexity index is 764. The van der Waals surface area contributed by atoms with E-state index < -0.39 is 11.7 Å². The van der Waals surface area contributed by atoms with Crippen LogP contribution in [0, 0.1) is 5.82 Å². The number of carbonyl (C=O) groups excluding carboxylic acids is 1. The van der Waals surface area contributed by atoms with Crippen LogP contribution in [0.3, 0.4) is 0 Å². The van der Waals surface area contributed by atoms with Crippen molar-refractivity contribution in [3.8, 4) is 0 Å². The Morgan fingerprint density at radius 1 is 1.58 bits per heavy atom. The Balaban J connectivity index is 1.62. The van der Waals surface area contributed by atoms with Gasteiger partial charge in [-0.15, -0.1) is 0 Å². The first-order valence-corrected chi connectivity index (χ1v) is 7.92. The van der Waals surface area contributed by atoms with Gasteiger partial charge in [-0.3, -0.25) is 14.4 Å². The smallest absolute Gasteiger partial charge is 0.269 e. The third-order valence-corrected chi connectivity index (χ3v) is 4.16. The summed E-state index contributed by atoms with van der Waals surface area (Å²) >= 11 is 5.71. The summed E-state index contributed by atoms with van der Waals surface area (Å²) in [5, 5.41) is 7.45. The lowest BCUT2D eigenvalue weighted by molar-refractivity contribution is 0.0993. The van der Waals surface area contributed by atoms with Crippen molar-refractivity contribution in [3.63, 3.8) is 0 Å². The molecule has 7 nitrogen and oxygen atoms in total. The van der Waals surface area contributed by atoms with Crippen LogP contribution in [-0.4, -0.2) is 44.7 Å². The molecule has 2 aromatic rings. The van der Waals surface area contributed by atoms with Crippen molar-refractivity contribution < 1.29 is 9.18 Å². The second-order valence-corrected chi connectivity index (χ2v) is 6.33. The first kappa shape index (κ1) is 16.7. The zero-order chi connectivity index (χ0) is 17.3. The molecule has 128 valence electrons. The lowest BCUT2D eigenvalue weighted by Crippen LogP contribution is -2.27. The molecule has 1 unspecified atom stereocenters. The molecule has 3 N–H and O–H groups in total. The van der Waals surface area contributed by atoms with Crippen LogP contribution >= 0.6 is 11.6 Å². The van der Waals surface area contributed by atoms with Crippen molar-refractivity contribution in [2.75, 3.05) is 18.4 Å². The number of aryl methyl sites for hydroxylation is 1. The summed E-state index contributed by atoms with van der Waals surface area (Å²) in [4.78, 5) is 17.6. The fourth-order valence-electron chi connectivity index (χ4n) is 2.91. The van der Waals surface area contributed by atoms with Crippen molar-refractivity contribution in [1.82, 2.24) is 19.7 Å². The molecule has 1 aliphatic rings. The van der Waals surface area contributed by atoms with Crippen LogP contribution in [0.5, 0.6) is 0 Å². The van der Waals surface area contributed by atoms with Gasteiger partial charge in [-0.05, 0) is 12.5 Å². The highest BCUT2D eigenvalue weighted by Gasteiger charge is 2.25. The molecule has 1 aliphatic heterocycles. The minimum Gasteiger partial charge on any atom is -0.364 e. The lowest BCUT2D eigenvalue weighted by atomic mass is 10.2. The molecule has 1 saturated heterocycles. The average Bonchev–Trinajstić information content (AvgIpc) is 3.09. The van der Waals surface area contributed by atoms with Crippen LogP contribution in [0.25, 0.3) is 0 Å². The van der Waals surface area contributed by atoms with Crippen molar-refractivity contribution >= 4 is 23.3 Å². The zero-order valence-corrected chi connectivity index (χ0v) is 13.9. The number of halogens is 2. The maximum absolute atomic E-state index is 13.8. The van der Waals surface area contributed by atoms with Crippen LogP contribution in [0.1, 0.15) is 22.5 Å². The van der Waals surface area contributed by atoms with Crippen LogP contribution in [0.2, 0.25) is 5.02 Å². The second-order valence-electron chi connectivity index (χ2n) is 5.89. The number of primary amides is 1. The summed E-state index contributed by atoms with van der Waals surface area (Å²) in [7, 11) is 1.75. The number of hydrogen-bond acceptors (Lipinski definition) is 5. The van der Waals surface area contributed by atoms with Crippen molar-refractivity contribution in [2.45, 2.75) is 19.0 Å². The molecule has 1 amide bonds. The van der Waals surface area contributed by atoms with Gasteiger partial charge in [0.1, 0.15) is 0 Å². The Hall–Kier alpha value is -2.19. The number of nitrogens with zero attached hydrogens (tertiary/aromatic N) is 4. The highest BCUT2D eigenvalue weighted by Crippen LogP contribution is 2.21. The van der Waals surface area contributed by atoms with E-state index in [2.05, 4.69) is 20.3 Å². The van der Waals surface area contributed by atoms with Crippen molar-refractivity contribution in [2.24, 2.45) is 12.8 Å². The monoisotopic (exact) mass is 352 g/mol. The third kappa shape index (κ3) is 3.65. The molecule has 9 heteroatoms. The molecule has 1 atom stereocenters. The molecule has 3 heterocycles. The van der Waals surface area contributed by atoms with E-state index in [-0.39, 0.29) is 16.9 Å². The van der Waals surface area contributed by atoms with E-state index in [1.807, 2.05) is 0 Å². The normalized spacial score (nSPS) is 18.0. The third-order valence-electron chi connectivity index (χ3n) is 3.95. The number of pyridine rings is 1. The van der Waals surface area contributed by atoms with E-state index in [0.29, 0.717) is 18.8 Å². The fraction of sp³-hybridized carbons (Fsp3) is 0.400. The van der Waals surface area contributed by atoms with Gasteiger partial charge in [-0.25, -0.2) is 9.37 Å². The molecule has 0 radical (unpaired) electrons. The summed E-state index contributed by atoms with van der Waals surface area (Å²) in [6, 6.07) is 1.31. The van der Waals surface area contributed by atoms with Gasteiger partial charge in [0.2, 0.25) is 0 Å². The van der Waals surface area contributed by atoms with E-state index in [1.165, 1.54) is 12.3 Å². The van der Waals surface area contributed by atoms with E-state index in [1.54, 1.807) is 17.9 Å². The fourth-order valence-corrected chi connectivity index (χ4v) is 3.05. The summed E-state index contributed by atoms with van der Waals surface area (Å²) in [6.45, 7) is 2.09. The first-order chi connectivity index (χ1) is 11.4. The van der Waals surface area contributed by atoms with Gasteiger partial charge in [-0.2, -0.15) is 5.10 Å². The summed E-state index contributed by atoms with van der Waals surface area (Å²) < 4.78 is 15.4. The maximum atomic E-state index is 13.8. The molecule has 0 bridgehead atoms. The molecule has 3 rings (SSSR count). The summed E-state index contributed by atoms with van der Waals surface area (Å²) in [6.07, 6.45) is 4.05. The number of carbonyl (C=O) groups is 1. The molecule has 24 heavy (non-hydrogen) atoms. The highest BCUT2D eigenvalue weighted by atomic mass is 35.5. The van der Waals surface area contributed by atoms with Gasteiger partial charge < -0.3 is 11.1 Å². The molecule has 0 aliphatic carbocycles. The van der Waals surface area contributed by atoms with Gasteiger partial charge in [0.05, 0.1) is 5.02 Å². The highest BCUT2D eigenvalue weighted by molar-refractivity contribution is 6.30. The number of nitrogens with one attached hydrogen (secondary N) is 1. The average molecular weight is 353 g/mol. The van der Waals surface area contributed by atoms with Gasteiger partial charge >= 0.3 is 0 Å².